The van der Waals surface area contributed by atoms with Crippen LogP contribution in [0.2, 0.25) is 0 Å². The van der Waals surface area contributed by atoms with Crippen molar-refractivity contribution in [2.24, 2.45) is 0 Å². The second-order valence-corrected chi connectivity index (χ2v) is 1.82. The van der Waals surface area contributed by atoms with Crippen molar-refractivity contribution in [2.75, 3.05) is 13.5 Å². The average molecular weight is 177 g/mol. The minimum Gasteiger partial charge on any atom is -0.508 e. The van der Waals surface area contributed by atoms with Crippen molar-refractivity contribution in [3.05, 3.63) is 29.7 Å². The van der Waals surface area contributed by atoms with Gasteiger partial charge in [-0.15, -0.1) is 0 Å². The van der Waals surface area contributed by atoms with E-state index in [1.165, 1.54) is 5.32 Å². The van der Waals surface area contributed by atoms with Crippen LogP contribution >= 0.6 is 0 Å². The van der Waals surface area contributed by atoms with Crippen LogP contribution in [-0.4, -0.2) is 23.7 Å². The first-order valence-electron chi connectivity index (χ1n) is 7.95. The van der Waals surface area contributed by atoms with Crippen molar-refractivity contribution in [1.82, 2.24) is 5.32 Å². The molecule has 0 aliphatic carbocycles. The van der Waals surface area contributed by atoms with Gasteiger partial charge in [-0.1, -0.05) is 12.1 Å². The molecule has 0 radical (unpaired) electrons. The minimum atomic E-state index is -3.48. The van der Waals surface area contributed by atoms with Gasteiger partial charge in [0.05, 0.1) is 12.9 Å². The molecule has 0 bridgehead atoms. The Hall–Kier alpha value is -1.06. The lowest BCUT2D eigenvalue weighted by molar-refractivity contribution is 0.177. The van der Waals surface area contributed by atoms with Crippen molar-refractivity contribution in [2.45, 2.75) is 6.08 Å². The van der Waals surface area contributed by atoms with E-state index < -0.39 is 55.0 Å². The van der Waals surface area contributed by atoms with E-state index in [4.69, 9.17) is 13.7 Å². The number of rotatable bonds is 3. The highest BCUT2D eigenvalue weighted by Crippen LogP contribution is 2.17. The van der Waals surface area contributed by atoms with E-state index in [9.17, 15) is 10.2 Å². The lowest BCUT2D eigenvalue weighted by Crippen LogP contribution is -2.16. The topological polar surface area (TPSA) is 52.5 Å². The zero-order valence-corrected chi connectivity index (χ0v) is 5.89. The molecule has 3 heteroatoms. The molecule has 0 heterocycles. The Kier molecular flexibility index (Phi) is 0.840. The average Bonchev–Trinajstić information content (AvgIpc) is 2.30. The summed E-state index contributed by atoms with van der Waals surface area (Å²) in [5.74, 6) is -1.12. The van der Waals surface area contributed by atoms with Gasteiger partial charge in [0.2, 0.25) is 0 Å². The molecule has 0 saturated carbocycles. The summed E-state index contributed by atoms with van der Waals surface area (Å²) < 4.78 is 73.4. The monoisotopic (exact) mass is 177 g/mol. The van der Waals surface area contributed by atoms with Crippen molar-refractivity contribution in [3.8, 4) is 5.75 Å². The minimum absolute atomic E-state index is 0.890. The number of aliphatic hydroxyl groups is 1. The first kappa shape index (κ1) is 2.47. The van der Waals surface area contributed by atoms with Crippen molar-refractivity contribution < 1.29 is 23.9 Å². The molecule has 0 amide bonds. The highest BCUT2D eigenvalue weighted by Gasteiger charge is 2.05. The summed E-state index contributed by atoms with van der Waals surface area (Å²) in [4.78, 5) is 0. The number of phenols is 1. The normalized spacial score (nSPS) is 29.8. The Morgan fingerprint density at radius 2 is 2.75 bits per heavy atom. The first-order chi connectivity index (χ1) is 9.63. The van der Waals surface area contributed by atoms with Gasteiger partial charge in [-0.3, -0.25) is 0 Å². The Bertz CT molecular complexity index is 568. The van der Waals surface area contributed by atoms with E-state index in [0.29, 0.717) is 0 Å². The fourth-order valence-corrected chi connectivity index (χ4v) is 0.574. The third-order valence-electron chi connectivity index (χ3n) is 1.03. The van der Waals surface area contributed by atoms with Gasteiger partial charge < -0.3 is 15.5 Å². The summed E-state index contributed by atoms with van der Waals surface area (Å²) in [6.07, 6.45) is -3.48. The molecule has 0 saturated heterocycles. The van der Waals surface area contributed by atoms with Gasteiger partial charge in [0.25, 0.3) is 0 Å². The molecular formula is C9H13NO2. The SMILES string of the molecule is [2H]c1c([2H])c(O)c([2H])c([C@]([2H])(O)C([2H])([2H])NC([2H])([2H])[2H])c1[2H]. The molecule has 0 fully saturated rings. The number of aromatic hydroxyl groups is 1. The number of likely N-dealkylation sites (N-methyl/N-ethyl adjacent to an activating group) is 1. The maximum Gasteiger partial charge on any atom is 0.115 e. The summed E-state index contributed by atoms with van der Waals surface area (Å²) in [7, 11) is 0. The summed E-state index contributed by atoms with van der Waals surface area (Å²) in [6, 6.07) is -3.95. The van der Waals surface area contributed by atoms with Gasteiger partial charge in [0.15, 0.2) is 0 Å². The molecule has 3 nitrogen and oxygen atoms in total. The molecule has 0 aliphatic rings. The zero-order chi connectivity index (χ0) is 17.7. The standard InChI is InChI=1S/C9H13NO2/c1-10-6-9(12)7-3-2-4-8(11)5-7/h2-5,9-12H,6H2,1H3/t9-/m1/s1/i1D3,2D,3D,4D,5D,6D2,9D. The fraction of sp³-hybridized carbons (Fsp3) is 0.333. The van der Waals surface area contributed by atoms with Crippen LogP contribution in [0, 0.1) is 0 Å². The third-order valence-corrected chi connectivity index (χ3v) is 1.03. The van der Waals surface area contributed by atoms with E-state index in [-0.39, 0.29) is 0 Å². The highest BCUT2D eigenvalue weighted by molar-refractivity contribution is 5.28. The van der Waals surface area contributed by atoms with Crippen LogP contribution in [0.25, 0.3) is 0 Å². The van der Waals surface area contributed by atoms with E-state index >= 15 is 0 Å². The van der Waals surface area contributed by atoms with Crippen molar-refractivity contribution in [3.63, 3.8) is 0 Å². The van der Waals surface area contributed by atoms with Gasteiger partial charge in [-0.25, -0.2) is 0 Å². The second kappa shape index (κ2) is 4.09. The van der Waals surface area contributed by atoms with E-state index in [0.717, 1.165) is 0 Å². The molecule has 0 aromatic heterocycles. The molecule has 1 aromatic rings. The Labute approximate surface area is 85.7 Å². The summed E-state index contributed by atoms with van der Waals surface area (Å²) in [5, 5.41) is 21.0. The number of hydrogen-bond donors (Lipinski definition) is 3. The van der Waals surface area contributed by atoms with Gasteiger partial charge in [0, 0.05) is 13.4 Å². The smallest absolute Gasteiger partial charge is 0.115 e. The van der Waals surface area contributed by atoms with Crippen LogP contribution in [0.4, 0.5) is 0 Å². The summed E-state index contributed by atoms with van der Waals surface area (Å²) in [5.41, 5.74) is -1.12. The third kappa shape index (κ3) is 2.22. The molecule has 1 atom stereocenters. The number of benzene rings is 1. The number of phenolic OH excluding ortho intramolecular Hbond substituents is 1. The maximum atomic E-state index is 10.1. The van der Waals surface area contributed by atoms with Gasteiger partial charge >= 0.3 is 0 Å². The molecule has 1 aromatic carbocycles. The van der Waals surface area contributed by atoms with Gasteiger partial charge in [0.1, 0.15) is 5.75 Å². The Morgan fingerprint density at radius 1 is 1.92 bits per heavy atom. The van der Waals surface area contributed by atoms with Crippen LogP contribution in [0.3, 0.4) is 0 Å². The maximum absolute atomic E-state index is 10.1. The van der Waals surface area contributed by atoms with Crippen LogP contribution < -0.4 is 5.32 Å². The van der Waals surface area contributed by atoms with Gasteiger partial charge in [-0.05, 0) is 24.6 Å². The quantitative estimate of drug-likeness (QED) is 0.635. The predicted molar refractivity (Wildman–Crippen MR) is 47.0 cm³/mol. The molecular weight excluding hydrogens is 154 g/mol. The van der Waals surface area contributed by atoms with Crippen LogP contribution in [0.15, 0.2) is 24.2 Å². The molecule has 1 rings (SSSR count). The van der Waals surface area contributed by atoms with Crippen molar-refractivity contribution >= 4 is 0 Å². The van der Waals surface area contributed by atoms with Crippen molar-refractivity contribution in [1.29, 1.82) is 0 Å². The van der Waals surface area contributed by atoms with E-state index in [2.05, 4.69) is 0 Å². The van der Waals surface area contributed by atoms with Gasteiger partial charge in [-0.2, -0.15) is 0 Å². The Morgan fingerprint density at radius 3 is 3.50 bits per heavy atom. The zero-order valence-electron chi connectivity index (χ0n) is 15.9. The largest absolute Gasteiger partial charge is 0.508 e. The summed E-state index contributed by atoms with van der Waals surface area (Å²) in [6.45, 7) is -6.42. The molecule has 66 valence electrons. The highest BCUT2D eigenvalue weighted by atomic mass is 16.3. The number of hydrogen-bond acceptors (Lipinski definition) is 3. The molecule has 12 heavy (non-hydrogen) atoms. The lowest BCUT2D eigenvalue weighted by atomic mass is 10.1. The van der Waals surface area contributed by atoms with E-state index in [1.807, 2.05) is 0 Å². The molecule has 3 N–H and O–H groups in total. The van der Waals surface area contributed by atoms with Crippen LogP contribution in [0.5, 0.6) is 5.75 Å². The van der Waals surface area contributed by atoms with Crippen LogP contribution in [-0.2, 0) is 0 Å². The first-order valence-corrected chi connectivity index (χ1v) is 2.95. The van der Waals surface area contributed by atoms with Crippen LogP contribution in [0.1, 0.15) is 25.4 Å². The number of nitrogens with one attached hydrogen (secondary N) is 1. The molecule has 0 aliphatic heterocycles. The second-order valence-electron chi connectivity index (χ2n) is 1.82. The summed E-state index contributed by atoms with van der Waals surface area (Å²) >= 11 is 0. The lowest BCUT2D eigenvalue weighted by Gasteiger charge is -2.09. The fourth-order valence-electron chi connectivity index (χ4n) is 0.574. The molecule has 0 unspecified atom stereocenters. The Balaban J connectivity index is 3.60. The molecule has 0 spiro atoms. The van der Waals surface area contributed by atoms with E-state index in [1.54, 1.807) is 0 Å². The predicted octanol–water partition coefficient (Wildman–Crippen LogP) is 0.645.